The van der Waals surface area contributed by atoms with Crippen molar-refractivity contribution in [1.82, 2.24) is 0 Å². The number of rotatable bonds is 4. The second-order valence-electron chi connectivity index (χ2n) is 5.15. The molecule has 0 radical (unpaired) electrons. The zero-order chi connectivity index (χ0) is 11.1. The molecule has 0 aromatic heterocycles. The van der Waals surface area contributed by atoms with Crippen LogP contribution in [0.2, 0.25) is 0 Å². The third kappa shape index (κ3) is 1.98. The zero-order valence-corrected chi connectivity index (χ0v) is 8.61. The highest BCUT2D eigenvalue weighted by atomic mass is 16.4. The average Bonchev–Trinajstić information content (AvgIpc) is 2.26. The molecule has 0 aromatic rings. The van der Waals surface area contributed by atoms with Gasteiger partial charge in [-0.05, 0) is 42.9 Å². The van der Waals surface area contributed by atoms with Gasteiger partial charge in [-0.15, -0.1) is 0 Å². The highest BCUT2D eigenvalue weighted by Gasteiger charge is 2.50. The van der Waals surface area contributed by atoms with Gasteiger partial charge in [0.1, 0.15) is 0 Å². The molecule has 2 N–H and O–H groups in total. The fraction of sp³-hybridized carbons (Fsp3) is 0.818. The molecule has 0 bridgehead atoms. The van der Waals surface area contributed by atoms with Crippen LogP contribution in [0, 0.1) is 17.3 Å². The van der Waals surface area contributed by atoms with Crippen LogP contribution >= 0.6 is 0 Å². The third-order valence-corrected chi connectivity index (χ3v) is 4.02. The van der Waals surface area contributed by atoms with E-state index in [4.69, 9.17) is 10.2 Å². The molecule has 2 saturated carbocycles. The van der Waals surface area contributed by atoms with Crippen molar-refractivity contribution in [3.05, 3.63) is 0 Å². The minimum Gasteiger partial charge on any atom is -0.481 e. The topological polar surface area (TPSA) is 74.6 Å². The Balaban J connectivity index is 2.08. The van der Waals surface area contributed by atoms with E-state index in [1.165, 1.54) is 0 Å². The van der Waals surface area contributed by atoms with E-state index in [1.54, 1.807) is 0 Å². The van der Waals surface area contributed by atoms with Gasteiger partial charge in [-0.3, -0.25) is 9.59 Å². The predicted octanol–water partition coefficient (Wildman–Crippen LogP) is 1.74. The first-order valence-corrected chi connectivity index (χ1v) is 5.44. The van der Waals surface area contributed by atoms with Crippen LogP contribution in [0.25, 0.3) is 0 Å². The second-order valence-corrected chi connectivity index (χ2v) is 5.15. The van der Waals surface area contributed by atoms with Crippen LogP contribution in [0.3, 0.4) is 0 Å². The monoisotopic (exact) mass is 212 g/mol. The molecule has 0 heterocycles. The Bertz CT molecular complexity index is 267. The Kier molecular flexibility index (Phi) is 2.44. The second kappa shape index (κ2) is 3.51. The number of hydrogen-bond acceptors (Lipinski definition) is 2. The van der Waals surface area contributed by atoms with Gasteiger partial charge in [-0.1, -0.05) is 0 Å². The van der Waals surface area contributed by atoms with Crippen LogP contribution in [0.5, 0.6) is 0 Å². The minimum absolute atomic E-state index is 0.0201. The smallest absolute Gasteiger partial charge is 0.303 e. The summed E-state index contributed by atoms with van der Waals surface area (Å²) in [6, 6.07) is 0. The van der Waals surface area contributed by atoms with Crippen molar-refractivity contribution in [1.29, 1.82) is 0 Å². The molecule has 2 atom stereocenters. The van der Waals surface area contributed by atoms with Crippen LogP contribution in [-0.2, 0) is 9.59 Å². The third-order valence-electron chi connectivity index (χ3n) is 4.02. The van der Waals surface area contributed by atoms with E-state index in [1.807, 2.05) is 0 Å². The van der Waals surface area contributed by atoms with Crippen molar-refractivity contribution in [3.63, 3.8) is 0 Å². The Morgan fingerprint density at radius 1 is 1.00 bits per heavy atom. The van der Waals surface area contributed by atoms with Crippen LogP contribution in [-0.4, -0.2) is 22.2 Å². The van der Waals surface area contributed by atoms with E-state index < -0.39 is 17.4 Å². The zero-order valence-electron chi connectivity index (χ0n) is 8.61. The maximum Gasteiger partial charge on any atom is 0.303 e. The van der Waals surface area contributed by atoms with Crippen molar-refractivity contribution >= 4 is 11.9 Å². The van der Waals surface area contributed by atoms with E-state index >= 15 is 0 Å². The van der Waals surface area contributed by atoms with E-state index in [0.717, 1.165) is 25.7 Å². The summed E-state index contributed by atoms with van der Waals surface area (Å²) in [6.45, 7) is 0. The molecule has 2 aliphatic carbocycles. The number of aliphatic carboxylic acids is 2. The molecule has 0 saturated heterocycles. The van der Waals surface area contributed by atoms with Gasteiger partial charge in [0.25, 0.3) is 0 Å². The molecule has 0 aliphatic heterocycles. The van der Waals surface area contributed by atoms with Crippen molar-refractivity contribution in [2.75, 3.05) is 0 Å². The van der Waals surface area contributed by atoms with Gasteiger partial charge in [-0.25, -0.2) is 0 Å². The van der Waals surface area contributed by atoms with E-state index in [-0.39, 0.29) is 12.8 Å². The Labute approximate surface area is 88.3 Å². The molecule has 4 nitrogen and oxygen atoms in total. The lowest BCUT2D eigenvalue weighted by Crippen LogP contribution is -2.25. The van der Waals surface area contributed by atoms with E-state index in [2.05, 4.69) is 0 Å². The summed E-state index contributed by atoms with van der Waals surface area (Å²) in [6.07, 6.45) is 3.96. The van der Waals surface area contributed by atoms with Crippen molar-refractivity contribution in [3.8, 4) is 0 Å². The van der Waals surface area contributed by atoms with Gasteiger partial charge in [0.05, 0.1) is 12.8 Å². The van der Waals surface area contributed by atoms with Crippen LogP contribution < -0.4 is 0 Å². The normalized spacial score (nSPS) is 31.7. The maximum absolute atomic E-state index is 10.8. The summed E-state index contributed by atoms with van der Waals surface area (Å²) >= 11 is 0. The largest absolute Gasteiger partial charge is 0.481 e. The summed E-state index contributed by atoms with van der Waals surface area (Å²) in [4.78, 5) is 21.6. The molecule has 0 aromatic carbocycles. The lowest BCUT2D eigenvalue weighted by Gasteiger charge is -2.29. The number of carboxylic acid groups (broad SMARTS) is 2. The predicted molar refractivity (Wildman–Crippen MR) is 52.4 cm³/mol. The summed E-state index contributed by atoms with van der Waals surface area (Å²) in [5.41, 5.74) is -0.455. The Morgan fingerprint density at radius 3 is 1.67 bits per heavy atom. The summed E-state index contributed by atoms with van der Waals surface area (Å²) in [7, 11) is 0. The molecular formula is C11H16O4. The standard InChI is InChI=1S/C11H16O4/c12-9(13)5-11(6-10(14)15)3-7-1-2-8(7)4-11/h7-8H,1-6H2,(H,12,13)(H,14,15)/t7-,8+. The molecule has 0 amide bonds. The molecule has 0 spiro atoms. The fourth-order valence-corrected chi connectivity index (χ4v) is 3.36. The average molecular weight is 212 g/mol. The van der Waals surface area contributed by atoms with Crippen molar-refractivity contribution in [2.45, 2.75) is 38.5 Å². The summed E-state index contributed by atoms with van der Waals surface area (Å²) in [5.74, 6) is -0.525. The molecule has 0 unspecified atom stereocenters. The maximum atomic E-state index is 10.8. The lowest BCUT2D eigenvalue weighted by molar-refractivity contribution is -0.143. The first-order valence-electron chi connectivity index (χ1n) is 5.44. The van der Waals surface area contributed by atoms with Crippen LogP contribution in [0.15, 0.2) is 0 Å². The quantitative estimate of drug-likeness (QED) is 0.744. The van der Waals surface area contributed by atoms with Gasteiger partial charge in [-0.2, -0.15) is 0 Å². The highest BCUT2D eigenvalue weighted by Crippen LogP contribution is 2.58. The molecule has 15 heavy (non-hydrogen) atoms. The molecule has 2 fully saturated rings. The van der Waals surface area contributed by atoms with Gasteiger partial charge < -0.3 is 10.2 Å². The number of carboxylic acids is 2. The van der Waals surface area contributed by atoms with Gasteiger partial charge >= 0.3 is 11.9 Å². The minimum atomic E-state index is -0.863. The van der Waals surface area contributed by atoms with Crippen LogP contribution in [0.1, 0.15) is 38.5 Å². The Morgan fingerprint density at radius 2 is 1.40 bits per heavy atom. The molecule has 4 heteroatoms. The molecule has 2 rings (SSSR count). The first-order chi connectivity index (χ1) is 7.01. The number of hydrogen-bond donors (Lipinski definition) is 2. The molecule has 2 aliphatic rings. The number of carbonyl (C=O) groups is 2. The lowest BCUT2D eigenvalue weighted by atomic mass is 9.77. The van der Waals surface area contributed by atoms with Crippen molar-refractivity contribution in [2.24, 2.45) is 17.3 Å². The highest BCUT2D eigenvalue weighted by molar-refractivity contribution is 5.72. The summed E-state index contributed by atoms with van der Waals surface area (Å²) < 4.78 is 0. The van der Waals surface area contributed by atoms with Gasteiger partial charge in [0.2, 0.25) is 0 Å². The van der Waals surface area contributed by atoms with Crippen molar-refractivity contribution < 1.29 is 19.8 Å². The van der Waals surface area contributed by atoms with E-state index in [0.29, 0.717) is 11.8 Å². The Hall–Kier alpha value is -1.06. The number of fused-ring (bicyclic) bond motifs is 1. The van der Waals surface area contributed by atoms with E-state index in [9.17, 15) is 9.59 Å². The summed E-state index contributed by atoms with van der Waals surface area (Å²) in [5, 5.41) is 17.7. The molecule has 84 valence electrons. The van der Waals surface area contributed by atoms with Gasteiger partial charge in [0, 0.05) is 0 Å². The molecular weight excluding hydrogens is 196 g/mol. The fourth-order valence-electron chi connectivity index (χ4n) is 3.36. The van der Waals surface area contributed by atoms with Gasteiger partial charge in [0.15, 0.2) is 0 Å². The SMILES string of the molecule is O=C(O)CC1(CC(=O)O)C[C@H]2CC[C@H]2C1. The first kappa shape index (κ1) is 10.5. The van der Waals surface area contributed by atoms with Crippen LogP contribution in [0.4, 0.5) is 0 Å².